The second kappa shape index (κ2) is 8.77. The molecule has 2 aromatic heterocycles. The van der Waals surface area contributed by atoms with Crippen molar-refractivity contribution in [1.29, 1.82) is 0 Å². The van der Waals surface area contributed by atoms with Gasteiger partial charge in [0.25, 0.3) is 5.91 Å². The number of carbonyl (C=O) groups is 1. The molecular formula is C17H22N4O. The zero-order valence-corrected chi connectivity index (χ0v) is 12.9. The molecule has 2 N–H and O–H groups in total. The van der Waals surface area contributed by atoms with Crippen LogP contribution in [0, 0.1) is 0 Å². The Morgan fingerprint density at radius 3 is 2.73 bits per heavy atom. The number of rotatable bonds is 8. The molecule has 2 aromatic rings. The summed E-state index contributed by atoms with van der Waals surface area (Å²) in [6.45, 7) is 3.52. The third-order valence-electron chi connectivity index (χ3n) is 3.31. The van der Waals surface area contributed by atoms with Gasteiger partial charge in [-0.1, -0.05) is 19.8 Å². The molecule has 116 valence electrons. The number of nitrogens with one attached hydrogen (secondary N) is 2. The maximum atomic E-state index is 12.0. The van der Waals surface area contributed by atoms with Crippen LogP contribution in [0.3, 0.4) is 0 Å². The van der Waals surface area contributed by atoms with Gasteiger partial charge in [-0.3, -0.25) is 14.8 Å². The molecular weight excluding hydrogens is 276 g/mol. The number of hydrogen-bond acceptors (Lipinski definition) is 4. The molecule has 2 rings (SSSR count). The van der Waals surface area contributed by atoms with Crippen molar-refractivity contribution >= 4 is 11.6 Å². The molecule has 0 aromatic carbocycles. The first-order chi connectivity index (χ1) is 10.8. The maximum absolute atomic E-state index is 12.0. The monoisotopic (exact) mass is 298 g/mol. The highest BCUT2D eigenvalue weighted by atomic mass is 16.1. The van der Waals surface area contributed by atoms with Crippen LogP contribution in [0.4, 0.5) is 5.69 Å². The quantitative estimate of drug-likeness (QED) is 0.735. The van der Waals surface area contributed by atoms with E-state index in [1.165, 1.54) is 0 Å². The van der Waals surface area contributed by atoms with Crippen molar-refractivity contribution < 1.29 is 4.79 Å². The van der Waals surface area contributed by atoms with Crippen LogP contribution in [-0.4, -0.2) is 22.4 Å². The zero-order chi connectivity index (χ0) is 15.6. The van der Waals surface area contributed by atoms with Gasteiger partial charge in [0.2, 0.25) is 0 Å². The number of amides is 1. The van der Waals surface area contributed by atoms with Crippen LogP contribution >= 0.6 is 0 Å². The van der Waals surface area contributed by atoms with Crippen LogP contribution in [0.25, 0.3) is 0 Å². The Kier molecular flexibility index (Phi) is 6.36. The molecule has 0 fully saturated rings. The Balaban J connectivity index is 1.87. The highest BCUT2D eigenvalue weighted by molar-refractivity contribution is 5.94. The summed E-state index contributed by atoms with van der Waals surface area (Å²) in [6.07, 6.45) is 10.1. The number of pyridine rings is 2. The van der Waals surface area contributed by atoms with E-state index in [0.29, 0.717) is 18.7 Å². The molecule has 5 heteroatoms. The van der Waals surface area contributed by atoms with Crippen LogP contribution < -0.4 is 10.6 Å². The first-order valence-corrected chi connectivity index (χ1v) is 7.65. The van der Waals surface area contributed by atoms with E-state index in [0.717, 1.165) is 30.5 Å². The van der Waals surface area contributed by atoms with E-state index in [4.69, 9.17) is 0 Å². The van der Waals surface area contributed by atoms with Crippen molar-refractivity contribution in [2.24, 2.45) is 0 Å². The maximum Gasteiger partial charge on any atom is 0.252 e. The fourth-order valence-electron chi connectivity index (χ4n) is 2.04. The van der Waals surface area contributed by atoms with Gasteiger partial charge in [0, 0.05) is 37.9 Å². The molecule has 0 saturated heterocycles. The summed E-state index contributed by atoms with van der Waals surface area (Å²) >= 11 is 0. The lowest BCUT2D eigenvalue weighted by Crippen LogP contribution is -2.24. The summed E-state index contributed by atoms with van der Waals surface area (Å²) in [5.41, 5.74) is 2.54. The Hall–Kier alpha value is -2.43. The topological polar surface area (TPSA) is 66.9 Å². The lowest BCUT2D eigenvalue weighted by Gasteiger charge is -2.08. The lowest BCUT2D eigenvalue weighted by molar-refractivity contribution is 0.0952. The number of hydrogen-bond donors (Lipinski definition) is 2. The molecule has 0 aliphatic carbocycles. The summed E-state index contributed by atoms with van der Waals surface area (Å²) in [5, 5.41) is 6.18. The molecule has 0 saturated carbocycles. The summed E-state index contributed by atoms with van der Waals surface area (Å²) in [6, 6.07) is 5.72. The predicted octanol–water partition coefficient (Wildman–Crippen LogP) is 3.01. The van der Waals surface area contributed by atoms with Crippen molar-refractivity contribution in [1.82, 2.24) is 15.3 Å². The number of nitrogens with zero attached hydrogens (tertiary/aromatic N) is 2. The van der Waals surface area contributed by atoms with E-state index < -0.39 is 0 Å². The molecule has 0 aliphatic rings. The summed E-state index contributed by atoms with van der Waals surface area (Å²) < 4.78 is 0. The normalized spacial score (nSPS) is 10.2. The number of aromatic nitrogens is 2. The van der Waals surface area contributed by atoms with Gasteiger partial charge in [-0.2, -0.15) is 0 Å². The Bertz CT molecular complexity index is 586. The van der Waals surface area contributed by atoms with Crippen molar-refractivity contribution in [2.45, 2.75) is 32.7 Å². The highest BCUT2D eigenvalue weighted by Gasteiger charge is 2.06. The van der Waals surface area contributed by atoms with Gasteiger partial charge < -0.3 is 10.6 Å². The lowest BCUT2D eigenvalue weighted by atomic mass is 10.2. The highest BCUT2D eigenvalue weighted by Crippen LogP contribution is 2.10. The number of carbonyl (C=O) groups excluding carboxylic acids is 1. The Labute approximate surface area is 131 Å². The summed E-state index contributed by atoms with van der Waals surface area (Å²) in [7, 11) is 0. The first kappa shape index (κ1) is 15.9. The molecule has 5 nitrogen and oxygen atoms in total. The van der Waals surface area contributed by atoms with Crippen LogP contribution in [-0.2, 0) is 6.54 Å². The van der Waals surface area contributed by atoms with Crippen LogP contribution in [0.2, 0.25) is 0 Å². The number of unbranched alkanes of at least 4 members (excludes halogenated alkanes) is 2. The minimum Gasteiger partial charge on any atom is -0.380 e. The average Bonchev–Trinajstić information content (AvgIpc) is 2.58. The molecule has 0 bridgehead atoms. The van der Waals surface area contributed by atoms with E-state index in [2.05, 4.69) is 27.5 Å². The fraction of sp³-hybridized carbons (Fsp3) is 0.353. The molecule has 2 heterocycles. The van der Waals surface area contributed by atoms with Crippen molar-refractivity contribution in [2.75, 3.05) is 11.9 Å². The van der Waals surface area contributed by atoms with E-state index in [1.54, 1.807) is 24.8 Å². The minimum atomic E-state index is -0.0730. The van der Waals surface area contributed by atoms with E-state index >= 15 is 0 Å². The Morgan fingerprint density at radius 2 is 1.95 bits per heavy atom. The van der Waals surface area contributed by atoms with Gasteiger partial charge in [-0.05, 0) is 30.2 Å². The van der Waals surface area contributed by atoms with E-state index in [-0.39, 0.29) is 5.91 Å². The SMILES string of the molecule is CCCCCNC(=O)c1cncc(NCc2ccncc2)c1. The molecule has 22 heavy (non-hydrogen) atoms. The second-order valence-corrected chi connectivity index (χ2v) is 5.13. The van der Waals surface area contributed by atoms with Gasteiger partial charge in [0.05, 0.1) is 11.3 Å². The van der Waals surface area contributed by atoms with Gasteiger partial charge in [0.1, 0.15) is 0 Å². The molecule has 0 spiro atoms. The third kappa shape index (κ3) is 5.16. The second-order valence-electron chi connectivity index (χ2n) is 5.13. The minimum absolute atomic E-state index is 0.0730. The standard InChI is InChI=1S/C17H22N4O/c1-2-3-4-7-20-17(22)15-10-16(13-19-12-15)21-11-14-5-8-18-9-6-14/h5-6,8-10,12-13,21H,2-4,7,11H2,1H3,(H,20,22). The van der Waals surface area contributed by atoms with Gasteiger partial charge in [0.15, 0.2) is 0 Å². The van der Waals surface area contributed by atoms with Gasteiger partial charge >= 0.3 is 0 Å². The smallest absolute Gasteiger partial charge is 0.252 e. The number of anilines is 1. The van der Waals surface area contributed by atoms with Crippen molar-refractivity contribution in [3.8, 4) is 0 Å². The van der Waals surface area contributed by atoms with E-state index in [1.807, 2.05) is 18.2 Å². The fourth-order valence-corrected chi connectivity index (χ4v) is 2.04. The molecule has 0 radical (unpaired) electrons. The van der Waals surface area contributed by atoms with Crippen LogP contribution in [0.15, 0.2) is 43.0 Å². The molecule has 0 unspecified atom stereocenters. The molecule has 0 atom stereocenters. The average molecular weight is 298 g/mol. The molecule has 0 aliphatic heterocycles. The summed E-state index contributed by atoms with van der Waals surface area (Å²) in [5.74, 6) is -0.0730. The van der Waals surface area contributed by atoms with Crippen LogP contribution in [0.5, 0.6) is 0 Å². The largest absolute Gasteiger partial charge is 0.380 e. The Morgan fingerprint density at radius 1 is 1.14 bits per heavy atom. The van der Waals surface area contributed by atoms with Gasteiger partial charge in [-0.15, -0.1) is 0 Å². The van der Waals surface area contributed by atoms with E-state index in [9.17, 15) is 4.79 Å². The predicted molar refractivity (Wildman–Crippen MR) is 87.7 cm³/mol. The van der Waals surface area contributed by atoms with Gasteiger partial charge in [-0.25, -0.2) is 0 Å². The summed E-state index contributed by atoms with van der Waals surface area (Å²) in [4.78, 5) is 20.2. The van der Waals surface area contributed by atoms with Crippen LogP contribution in [0.1, 0.15) is 42.1 Å². The van der Waals surface area contributed by atoms with Crippen molar-refractivity contribution in [3.63, 3.8) is 0 Å². The first-order valence-electron chi connectivity index (χ1n) is 7.65. The zero-order valence-electron chi connectivity index (χ0n) is 12.9. The molecule has 1 amide bonds. The third-order valence-corrected chi connectivity index (χ3v) is 3.31. The van der Waals surface area contributed by atoms with Crippen molar-refractivity contribution in [3.05, 3.63) is 54.1 Å².